The normalized spacial score (nSPS) is 11.8. The van der Waals surface area contributed by atoms with Crippen LogP contribution in [0.25, 0.3) is 0 Å². The summed E-state index contributed by atoms with van der Waals surface area (Å²) < 4.78 is 0. The molecule has 3 heteroatoms. The molecule has 0 saturated carbocycles. The molecule has 0 aliphatic rings. The van der Waals surface area contributed by atoms with Crippen LogP contribution in [0.2, 0.25) is 0 Å². The maximum absolute atomic E-state index is 10.3. The molecule has 0 amide bonds. The molecule has 69 valence electrons. The zero-order valence-corrected chi connectivity index (χ0v) is 8.69. The van der Waals surface area contributed by atoms with Gasteiger partial charge < -0.3 is 9.90 Å². The predicted octanol–water partition coefficient (Wildman–Crippen LogP) is 0.950. The van der Waals surface area contributed by atoms with Gasteiger partial charge >= 0.3 is 0 Å². The van der Waals surface area contributed by atoms with Crippen molar-refractivity contribution < 1.29 is 29.4 Å². The summed E-state index contributed by atoms with van der Waals surface area (Å²) in [6.07, 6.45) is 3.52. The van der Waals surface area contributed by atoms with Gasteiger partial charge in [0.05, 0.1) is 0 Å². The van der Waals surface area contributed by atoms with Crippen LogP contribution >= 0.6 is 0 Å². The van der Waals surface area contributed by atoms with E-state index in [-0.39, 0.29) is 25.4 Å². The van der Waals surface area contributed by atoms with Gasteiger partial charge in [-0.25, -0.2) is 0 Å². The fraction of sp³-hybridized carbons (Fsp3) is 0.875. The average Bonchev–Trinajstić information content (AvgIpc) is 1.89. The fourth-order valence-electron chi connectivity index (χ4n) is 0.939. The van der Waals surface area contributed by atoms with Gasteiger partial charge in [-0.05, 0) is 18.8 Å². The molecule has 0 N–H and O–H groups in total. The molecular formula is C8H15O2Rh-. The summed E-state index contributed by atoms with van der Waals surface area (Å²) in [5, 5.41) is 10.3. The second-order valence-corrected chi connectivity index (χ2v) is 2.57. The van der Waals surface area contributed by atoms with Crippen molar-refractivity contribution in [1.82, 2.24) is 0 Å². The van der Waals surface area contributed by atoms with Gasteiger partial charge in [-0.15, -0.1) is 0 Å². The van der Waals surface area contributed by atoms with E-state index < -0.39 is 5.97 Å². The Bertz CT molecular complexity index is 104. The summed E-state index contributed by atoms with van der Waals surface area (Å²) in [4.78, 5) is 10.3. The van der Waals surface area contributed by atoms with Gasteiger partial charge in [0.25, 0.3) is 0 Å². The van der Waals surface area contributed by atoms with Crippen molar-refractivity contribution in [3.8, 4) is 0 Å². The largest absolute Gasteiger partial charge is 0.550 e. The third kappa shape index (κ3) is 6.49. The van der Waals surface area contributed by atoms with Crippen LogP contribution in [0.15, 0.2) is 0 Å². The molecule has 2 nitrogen and oxygen atoms in total. The van der Waals surface area contributed by atoms with E-state index in [1.54, 1.807) is 0 Å². The fourth-order valence-corrected chi connectivity index (χ4v) is 0.939. The van der Waals surface area contributed by atoms with Crippen molar-refractivity contribution in [3.63, 3.8) is 0 Å². The number of aliphatic carboxylic acids is 1. The summed E-state index contributed by atoms with van der Waals surface area (Å²) in [7, 11) is 0. The number of rotatable bonds is 5. The van der Waals surface area contributed by atoms with E-state index in [4.69, 9.17) is 0 Å². The van der Waals surface area contributed by atoms with Crippen LogP contribution in [0.1, 0.15) is 39.5 Å². The average molecular weight is 246 g/mol. The topological polar surface area (TPSA) is 40.1 Å². The standard InChI is InChI=1S/C8H16O2.Rh/c1-3-5-6-7(4-2)8(9)10;/h7H,3-6H2,1-2H3,(H,9,10);/p-1. The first-order chi connectivity index (χ1) is 4.72. The Morgan fingerprint density at radius 3 is 2.27 bits per heavy atom. The molecule has 0 aromatic carbocycles. The van der Waals surface area contributed by atoms with Crippen molar-refractivity contribution >= 4 is 5.97 Å². The van der Waals surface area contributed by atoms with Crippen molar-refractivity contribution in [1.29, 1.82) is 0 Å². The molecule has 0 heterocycles. The number of unbranched alkanes of at least 4 members (excludes halogenated alkanes) is 1. The molecule has 0 aromatic heterocycles. The van der Waals surface area contributed by atoms with Crippen LogP contribution in [-0.4, -0.2) is 5.97 Å². The maximum Gasteiger partial charge on any atom is 0.0445 e. The summed E-state index contributed by atoms with van der Waals surface area (Å²) >= 11 is 0. The van der Waals surface area contributed by atoms with Crippen molar-refractivity contribution in [3.05, 3.63) is 0 Å². The molecule has 0 saturated heterocycles. The maximum atomic E-state index is 10.3. The van der Waals surface area contributed by atoms with E-state index in [0.29, 0.717) is 6.42 Å². The molecule has 11 heavy (non-hydrogen) atoms. The molecule has 0 fully saturated rings. The van der Waals surface area contributed by atoms with Crippen molar-refractivity contribution in [2.75, 3.05) is 0 Å². The first-order valence-electron chi connectivity index (χ1n) is 3.93. The number of carboxylic acid groups (broad SMARTS) is 1. The molecule has 0 rings (SSSR count). The Hall–Kier alpha value is 0.0934. The number of carboxylic acids is 1. The zero-order chi connectivity index (χ0) is 7.98. The molecule has 0 aliphatic carbocycles. The van der Waals surface area contributed by atoms with Gasteiger partial charge in [0.2, 0.25) is 0 Å². The van der Waals surface area contributed by atoms with Crippen LogP contribution in [0.4, 0.5) is 0 Å². The Morgan fingerprint density at radius 2 is 2.00 bits per heavy atom. The molecule has 0 aromatic rings. The minimum atomic E-state index is -0.893. The van der Waals surface area contributed by atoms with Crippen LogP contribution in [-0.2, 0) is 24.3 Å². The number of carbonyl (C=O) groups excluding carboxylic acids is 1. The number of hydrogen-bond donors (Lipinski definition) is 0. The molecule has 1 unspecified atom stereocenters. The Kier molecular flexibility index (Phi) is 10.2. The molecule has 1 radical (unpaired) electrons. The molecule has 1 atom stereocenters. The quantitative estimate of drug-likeness (QED) is 0.677. The summed E-state index contributed by atoms with van der Waals surface area (Å²) in [6, 6.07) is 0. The van der Waals surface area contributed by atoms with Gasteiger partial charge in [-0.3, -0.25) is 0 Å². The van der Waals surface area contributed by atoms with E-state index in [0.717, 1.165) is 19.3 Å². The van der Waals surface area contributed by atoms with Gasteiger partial charge in [0.15, 0.2) is 0 Å². The molecule has 0 bridgehead atoms. The SMILES string of the molecule is CCCCC(CC)C(=O)[O-].[Rh]. The minimum Gasteiger partial charge on any atom is -0.550 e. The van der Waals surface area contributed by atoms with Gasteiger partial charge in [-0.2, -0.15) is 0 Å². The third-order valence-electron chi connectivity index (χ3n) is 1.73. The first kappa shape index (κ1) is 13.7. The van der Waals surface area contributed by atoms with Crippen molar-refractivity contribution in [2.45, 2.75) is 39.5 Å². The smallest absolute Gasteiger partial charge is 0.0445 e. The zero-order valence-electron chi connectivity index (χ0n) is 7.06. The van der Waals surface area contributed by atoms with E-state index in [9.17, 15) is 9.90 Å². The summed E-state index contributed by atoms with van der Waals surface area (Å²) in [5.41, 5.74) is 0. The number of hydrogen-bond acceptors (Lipinski definition) is 2. The number of carbonyl (C=O) groups is 1. The van der Waals surface area contributed by atoms with Crippen molar-refractivity contribution in [2.24, 2.45) is 5.92 Å². The Morgan fingerprint density at radius 1 is 1.45 bits per heavy atom. The molecular weight excluding hydrogens is 231 g/mol. The van der Waals surface area contributed by atoms with E-state index >= 15 is 0 Å². The van der Waals surface area contributed by atoms with Crippen LogP contribution in [0, 0.1) is 5.92 Å². The Labute approximate surface area is 81.1 Å². The summed E-state index contributed by atoms with van der Waals surface area (Å²) in [6.45, 7) is 3.94. The summed E-state index contributed by atoms with van der Waals surface area (Å²) in [5.74, 6) is -1.11. The first-order valence-corrected chi connectivity index (χ1v) is 3.93. The van der Waals surface area contributed by atoms with E-state index in [1.807, 2.05) is 6.92 Å². The van der Waals surface area contributed by atoms with Gasteiger partial charge in [-0.1, -0.05) is 26.7 Å². The molecule has 0 spiro atoms. The third-order valence-corrected chi connectivity index (χ3v) is 1.73. The van der Waals surface area contributed by atoms with Crippen LogP contribution in [0.3, 0.4) is 0 Å². The second kappa shape index (κ2) is 8.19. The van der Waals surface area contributed by atoms with E-state index in [1.165, 1.54) is 0 Å². The van der Waals surface area contributed by atoms with Crippen LogP contribution in [0.5, 0.6) is 0 Å². The minimum absolute atomic E-state index is 0. The van der Waals surface area contributed by atoms with Gasteiger partial charge in [0, 0.05) is 25.4 Å². The van der Waals surface area contributed by atoms with Crippen LogP contribution < -0.4 is 5.11 Å². The Balaban J connectivity index is 0. The van der Waals surface area contributed by atoms with E-state index in [2.05, 4.69) is 6.92 Å². The molecule has 0 aliphatic heterocycles. The monoisotopic (exact) mass is 246 g/mol. The van der Waals surface area contributed by atoms with Gasteiger partial charge in [0.1, 0.15) is 0 Å². The predicted molar refractivity (Wildman–Crippen MR) is 38.3 cm³/mol. The second-order valence-electron chi connectivity index (χ2n) is 2.57.